The van der Waals surface area contributed by atoms with Crippen molar-refractivity contribution in [1.29, 1.82) is 5.41 Å². The lowest BCUT2D eigenvalue weighted by Crippen LogP contribution is -2.27. The molecule has 2 rings (SSSR count). The van der Waals surface area contributed by atoms with Crippen LogP contribution >= 0.6 is 0 Å². The van der Waals surface area contributed by atoms with Gasteiger partial charge in [-0.25, -0.2) is 9.59 Å². The van der Waals surface area contributed by atoms with E-state index >= 15 is 0 Å². The van der Waals surface area contributed by atoms with Gasteiger partial charge in [-0.2, -0.15) is 0 Å². The topological polar surface area (TPSA) is 175 Å². The van der Waals surface area contributed by atoms with Gasteiger partial charge in [0.1, 0.15) is 0 Å². The summed E-state index contributed by atoms with van der Waals surface area (Å²) in [7, 11) is 2.53. The first-order valence-corrected chi connectivity index (χ1v) is 9.43. The largest absolute Gasteiger partial charge is 0.465 e. The quantitative estimate of drug-likeness (QED) is 0.235. The highest BCUT2D eigenvalue weighted by atomic mass is 16.5. The molecule has 0 saturated carbocycles. The van der Waals surface area contributed by atoms with Crippen LogP contribution in [-0.4, -0.2) is 43.6 Å². The second-order valence-corrected chi connectivity index (χ2v) is 5.79. The number of methoxy groups -OCH3 is 2. The maximum Gasteiger partial charge on any atom is 0.339 e. The van der Waals surface area contributed by atoms with Crippen LogP contribution in [0.15, 0.2) is 42.5 Å². The van der Waals surface area contributed by atoms with E-state index in [1.807, 2.05) is 13.8 Å². The third kappa shape index (κ3) is 8.66. The van der Waals surface area contributed by atoms with Gasteiger partial charge in [0.25, 0.3) is 5.91 Å². The lowest BCUT2D eigenvalue weighted by molar-refractivity contribution is -0.114. The van der Waals surface area contributed by atoms with Crippen LogP contribution in [0.1, 0.15) is 41.5 Å². The van der Waals surface area contributed by atoms with E-state index in [1.54, 1.807) is 24.3 Å². The predicted octanol–water partition coefficient (Wildman–Crippen LogP) is 2.68. The van der Waals surface area contributed by atoms with E-state index in [-0.39, 0.29) is 11.3 Å². The number of anilines is 3. The van der Waals surface area contributed by atoms with E-state index < -0.39 is 29.3 Å². The summed E-state index contributed by atoms with van der Waals surface area (Å²) in [4.78, 5) is 44.3. The molecule has 32 heavy (non-hydrogen) atoms. The van der Waals surface area contributed by atoms with Gasteiger partial charge in [0, 0.05) is 24.0 Å². The number of nitrogens with two attached hydrogens (primary N) is 2. The van der Waals surface area contributed by atoms with Gasteiger partial charge in [0.2, 0.25) is 0 Å². The molecule has 0 bridgehead atoms. The number of hydrogen-bond donors (Lipinski definition) is 4. The third-order valence-corrected chi connectivity index (χ3v) is 3.63. The molecule has 2 aromatic carbocycles. The standard InChI is InChI=1S/C10H11N3O2.C10H11NO4.C2H6/c1-6(14)9(12)10(15)13-8-4-2-7(11)3-5-8;1-14-9(12)6-3-4-7(8(11)5-6)10(13)15-2;1-2/h2-5,12H,11H2,1H3,(H,13,15);3-5H,11H2,1-2H3;1-2H3. The summed E-state index contributed by atoms with van der Waals surface area (Å²) in [6.07, 6.45) is 0. The molecule has 0 aliphatic heterocycles. The molecule has 0 heterocycles. The second-order valence-electron chi connectivity index (χ2n) is 5.79. The third-order valence-electron chi connectivity index (χ3n) is 3.63. The Morgan fingerprint density at radius 3 is 1.84 bits per heavy atom. The minimum absolute atomic E-state index is 0.185. The Kier molecular flexibility index (Phi) is 12.1. The summed E-state index contributed by atoms with van der Waals surface area (Å²) in [6, 6.07) is 10.7. The number of amides is 1. The number of Topliss-reactive ketones (excluding diaryl/α,β-unsaturated/α-hetero) is 1. The van der Waals surface area contributed by atoms with Crippen molar-refractivity contribution in [3.63, 3.8) is 0 Å². The normalized spacial score (nSPS) is 9.03. The minimum atomic E-state index is -0.715. The van der Waals surface area contributed by atoms with E-state index in [0.29, 0.717) is 16.9 Å². The van der Waals surface area contributed by atoms with Crippen molar-refractivity contribution in [3.8, 4) is 0 Å². The molecular weight excluding hydrogens is 416 g/mol. The van der Waals surface area contributed by atoms with Crippen LogP contribution in [0.4, 0.5) is 17.1 Å². The molecule has 0 spiro atoms. The van der Waals surface area contributed by atoms with Gasteiger partial charge in [-0.1, -0.05) is 13.8 Å². The molecule has 0 aromatic heterocycles. The summed E-state index contributed by atoms with van der Waals surface area (Å²) in [5, 5.41) is 9.57. The Bertz CT molecular complexity index is 971. The molecule has 6 N–H and O–H groups in total. The zero-order valence-corrected chi connectivity index (χ0v) is 18.6. The van der Waals surface area contributed by atoms with Crippen molar-refractivity contribution in [1.82, 2.24) is 0 Å². The van der Waals surface area contributed by atoms with Gasteiger partial charge in [0.15, 0.2) is 11.5 Å². The first-order valence-electron chi connectivity index (χ1n) is 9.43. The highest BCUT2D eigenvalue weighted by Gasteiger charge is 2.14. The Morgan fingerprint density at radius 1 is 0.875 bits per heavy atom. The fourth-order valence-electron chi connectivity index (χ4n) is 2.02. The average molecular weight is 444 g/mol. The van der Waals surface area contributed by atoms with Crippen molar-refractivity contribution in [2.24, 2.45) is 0 Å². The second kappa shape index (κ2) is 13.9. The van der Waals surface area contributed by atoms with Crippen LogP contribution in [0, 0.1) is 5.41 Å². The van der Waals surface area contributed by atoms with E-state index in [2.05, 4.69) is 14.8 Å². The van der Waals surface area contributed by atoms with Crippen molar-refractivity contribution in [2.75, 3.05) is 31.0 Å². The first-order chi connectivity index (χ1) is 15.1. The average Bonchev–Trinajstić information content (AvgIpc) is 2.80. The molecule has 0 unspecified atom stereocenters. The number of ether oxygens (including phenoxy) is 2. The lowest BCUT2D eigenvalue weighted by Gasteiger charge is -2.05. The molecule has 10 heteroatoms. The van der Waals surface area contributed by atoms with Crippen molar-refractivity contribution < 1.29 is 28.7 Å². The fraction of sp³-hybridized carbons (Fsp3) is 0.227. The van der Waals surface area contributed by atoms with Gasteiger partial charge in [-0.15, -0.1) is 0 Å². The van der Waals surface area contributed by atoms with Crippen molar-refractivity contribution in [2.45, 2.75) is 20.8 Å². The van der Waals surface area contributed by atoms with Crippen LogP contribution in [-0.2, 0) is 19.1 Å². The predicted molar refractivity (Wildman–Crippen MR) is 123 cm³/mol. The number of carbonyl (C=O) groups is 4. The Balaban J connectivity index is 0.000000557. The molecule has 10 nitrogen and oxygen atoms in total. The minimum Gasteiger partial charge on any atom is -0.465 e. The molecule has 0 atom stereocenters. The van der Waals surface area contributed by atoms with E-state index in [9.17, 15) is 19.2 Å². The highest BCUT2D eigenvalue weighted by Crippen LogP contribution is 2.16. The highest BCUT2D eigenvalue weighted by molar-refractivity contribution is 6.66. The van der Waals surface area contributed by atoms with Crippen LogP contribution in [0.3, 0.4) is 0 Å². The molecule has 0 aliphatic carbocycles. The maximum absolute atomic E-state index is 11.3. The zero-order valence-electron chi connectivity index (χ0n) is 18.6. The molecule has 172 valence electrons. The number of esters is 2. The molecule has 0 radical (unpaired) electrons. The van der Waals surface area contributed by atoms with Crippen LogP contribution in [0.25, 0.3) is 0 Å². The Morgan fingerprint density at radius 2 is 1.41 bits per heavy atom. The van der Waals surface area contributed by atoms with Crippen LogP contribution in [0.2, 0.25) is 0 Å². The van der Waals surface area contributed by atoms with Crippen molar-refractivity contribution in [3.05, 3.63) is 53.6 Å². The zero-order chi connectivity index (χ0) is 24.8. The number of nitrogens with one attached hydrogen (secondary N) is 2. The smallest absolute Gasteiger partial charge is 0.339 e. The molecule has 1 amide bonds. The summed E-state index contributed by atoms with van der Waals surface area (Å²) < 4.78 is 9.02. The van der Waals surface area contributed by atoms with Gasteiger partial charge in [-0.3, -0.25) is 15.0 Å². The number of carbonyl (C=O) groups excluding carboxylic acids is 4. The Hall–Kier alpha value is -4.21. The van der Waals surface area contributed by atoms with Gasteiger partial charge >= 0.3 is 11.9 Å². The first kappa shape index (κ1) is 27.8. The number of rotatable bonds is 5. The van der Waals surface area contributed by atoms with Gasteiger partial charge in [0.05, 0.1) is 25.3 Å². The van der Waals surface area contributed by atoms with E-state index in [1.165, 1.54) is 39.3 Å². The van der Waals surface area contributed by atoms with E-state index in [0.717, 1.165) is 0 Å². The number of benzene rings is 2. The molecule has 0 aliphatic rings. The number of ketones is 1. The summed E-state index contributed by atoms with van der Waals surface area (Å²) in [6.45, 7) is 5.17. The molecular formula is C22H28N4O6. The monoisotopic (exact) mass is 444 g/mol. The van der Waals surface area contributed by atoms with E-state index in [4.69, 9.17) is 16.9 Å². The van der Waals surface area contributed by atoms with Crippen LogP contribution < -0.4 is 16.8 Å². The SMILES string of the molecule is CC.CC(=O)C(=N)C(=O)Nc1ccc(N)cc1.COC(=O)c1ccc(C(=O)OC)c(N)c1. The summed E-state index contributed by atoms with van der Waals surface area (Å²) in [5.41, 5.74) is 12.3. The maximum atomic E-state index is 11.3. The molecule has 0 saturated heterocycles. The Labute approximate surface area is 186 Å². The number of hydrogen-bond acceptors (Lipinski definition) is 9. The van der Waals surface area contributed by atoms with Crippen LogP contribution in [0.5, 0.6) is 0 Å². The summed E-state index contributed by atoms with van der Waals surface area (Å²) >= 11 is 0. The van der Waals surface area contributed by atoms with Gasteiger partial charge in [-0.05, 0) is 42.5 Å². The molecule has 2 aromatic rings. The number of nitrogen functional groups attached to an aromatic ring is 2. The fourth-order valence-corrected chi connectivity index (χ4v) is 2.02. The lowest BCUT2D eigenvalue weighted by atomic mass is 10.1. The molecule has 0 fully saturated rings. The van der Waals surface area contributed by atoms with Gasteiger partial charge < -0.3 is 26.3 Å². The van der Waals surface area contributed by atoms with Crippen molar-refractivity contribution >= 4 is 46.4 Å². The summed E-state index contributed by atoms with van der Waals surface area (Å²) in [5.74, 6) is -2.32.